The van der Waals surface area contributed by atoms with Gasteiger partial charge in [0.1, 0.15) is 0 Å². The third-order valence-corrected chi connectivity index (χ3v) is 4.70. The normalized spacial score (nSPS) is 21.4. The molecule has 20 heavy (non-hydrogen) atoms. The van der Waals surface area contributed by atoms with Crippen LogP contribution in [0.4, 0.5) is 5.69 Å². The van der Waals surface area contributed by atoms with Crippen molar-refractivity contribution in [3.63, 3.8) is 0 Å². The van der Waals surface area contributed by atoms with Crippen LogP contribution in [0.3, 0.4) is 0 Å². The van der Waals surface area contributed by atoms with Crippen LogP contribution >= 0.6 is 15.9 Å². The van der Waals surface area contributed by atoms with E-state index in [9.17, 15) is 0 Å². The zero-order valence-corrected chi connectivity index (χ0v) is 13.6. The number of benzene rings is 2. The molecule has 0 amide bonds. The molecule has 0 radical (unpaired) electrons. The maximum atomic E-state index is 3.67. The quantitative estimate of drug-likeness (QED) is 0.792. The van der Waals surface area contributed by atoms with Crippen molar-refractivity contribution < 1.29 is 0 Å². The van der Waals surface area contributed by atoms with Gasteiger partial charge in [-0.25, -0.2) is 0 Å². The minimum Gasteiger partial charge on any atom is -0.382 e. The van der Waals surface area contributed by atoms with Gasteiger partial charge in [-0.05, 0) is 55.9 Å². The largest absolute Gasteiger partial charge is 0.382 e. The van der Waals surface area contributed by atoms with Crippen molar-refractivity contribution in [1.29, 1.82) is 0 Å². The van der Waals surface area contributed by atoms with Gasteiger partial charge in [-0.3, -0.25) is 0 Å². The molecule has 2 aromatic rings. The Hall–Kier alpha value is -1.28. The smallest absolute Gasteiger partial charge is 0.0383 e. The zero-order valence-electron chi connectivity index (χ0n) is 12.0. The first-order valence-electron chi connectivity index (χ1n) is 7.21. The lowest BCUT2D eigenvalue weighted by atomic mass is 9.75. The number of anilines is 1. The molecule has 1 saturated carbocycles. The number of hydrogen-bond donors (Lipinski definition) is 1. The second-order valence-corrected chi connectivity index (χ2v) is 6.80. The van der Waals surface area contributed by atoms with E-state index >= 15 is 0 Å². The number of halogens is 1. The van der Waals surface area contributed by atoms with Crippen LogP contribution in [0, 0.1) is 13.8 Å². The predicted molar refractivity (Wildman–Crippen MR) is 89.4 cm³/mol. The van der Waals surface area contributed by atoms with Crippen LogP contribution in [0.2, 0.25) is 0 Å². The highest BCUT2D eigenvalue weighted by molar-refractivity contribution is 9.10. The molecule has 0 saturated heterocycles. The molecule has 0 bridgehead atoms. The van der Waals surface area contributed by atoms with Crippen molar-refractivity contribution in [1.82, 2.24) is 0 Å². The number of hydrogen-bond acceptors (Lipinski definition) is 1. The Bertz CT molecular complexity index is 615. The van der Waals surface area contributed by atoms with Crippen molar-refractivity contribution in [2.24, 2.45) is 0 Å². The molecule has 1 nitrogen and oxygen atoms in total. The summed E-state index contributed by atoms with van der Waals surface area (Å²) in [5.74, 6) is 0.722. The molecule has 0 aromatic heterocycles. The van der Waals surface area contributed by atoms with E-state index in [-0.39, 0.29) is 0 Å². The van der Waals surface area contributed by atoms with Crippen LogP contribution in [0.15, 0.2) is 46.9 Å². The van der Waals surface area contributed by atoms with Crippen molar-refractivity contribution in [2.45, 2.75) is 38.6 Å². The molecule has 0 spiro atoms. The van der Waals surface area contributed by atoms with Gasteiger partial charge in [-0.2, -0.15) is 0 Å². The first-order chi connectivity index (χ1) is 9.61. The fraction of sp³-hybridized carbons (Fsp3) is 0.333. The van der Waals surface area contributed by atoms with Gasteiger partial charge >= 0.3 is 0 Å². The third kappa shape index (κ3) is 2.90. The average Bonchev–Trinajstić information content (AvgIpc) is 2.37. The van der Waals surface area contributed by atoms with Gasteiger partial charge in [0.05, 0.1) is 0 Å². The van der Waals surface area contributed by atoms with E-state index in [2.05, 4.69) is 77.6 Å². The molecule has 1 aliphatic carbocycles. The average molecular weight is 330 g/mol. The van der Waals surface area contributed by atoms with Gasteiger partial charge in [-0.1, -0.05) is 51.8 Å². The van der Waals surface area contributed by atoms with Crippen LogP contribution in [0.5, 0.6) is 0 Å². The maximum Gasteiger partial charge on any atom is 0.0383 e. The van der Waals surface area contributed by atoms with Gasteiger partial charge in [0.15, 0.2) is 0 Å². The Morgan fingerprint density at radius 2 is 1.85 bits per heavy atom. The maximum absolute atomic E-state index is 3.67. The fourth-order valence-electron chi connectivity index (χ4n) is 2.90. The van der Waals surface area contributed by atoms with E-state index in [1.165, 1.54) is 35.2 Å². The molecule has 0 heterocycles. The molecule has 2 aromatic carbocycles. The monoisotopic (exact) mass is 329 g/mol. The SMILES string of the molecule is Cc1cccc(C2CC(Nc3cc(Br)ccc3C)C2)c1. The molecule has 1 aliphatic rings. The van der Waals surface area contributed by atoms with Crippen LogP contribution in [0.25, 0.3) is 0 Å². The number of rotatable bonds is 3. The first kappa shape index (κ1) is 13.7. The molecule has 1 N–H and O–H groups in total. The zero-order chi connectivity index (χ0) is 14.1. The van der Waals surface area contributed by atoms with Gasteiger partial charge in [0.25, 0.3) is 0 Å². The van der Waals surface area contributed by atoms with Crippen LogP contribution in [-0.2, 0) is 0 Å². The molecule has 3 rings (SSSR count). The van der Waals surface area contributed by atoms with Crippen LogP contribution in [-0.4, -0.2) is 6.04 Å². The molecule has 104 valence electrons. The van der Waals surface area contributed by atoms with E-state index in [4.69, 9.17) is 0 Å². The van der Waals surface area contributed by atoms with E-state index in [0.29, 0.717) is 6.04 Å². The summed E-state index contributed by atoms with van der Waals surface area (Å²) in [5.41, 5.74) is 5.43. The highest BCUT2D eigenvalue weighted by Crippen LogP contribution is 2.39. The summed E-state index contributed by atoms with van der Waals surface area (Å²) in [6.45, 7) is 4.33. The first-order valence-corrected chi connectivity index (χ1v) is 8.00. The molecule has 0 atom stereocenters. The van der Waals surface area contributed by atoms with Gasteiger partial charge in [-0.15, -0.1) is 0 Å². The van der Waals surface area contributed by atoms with Crippen molar-refractivity contribution in [3.8, 4) is 0 Å². The summed E-state index contributed by atoms with van der Waals surface area (Å²) >= 11 is 3.54. The number of nitrogens with one attached hydrogen (secondary N) is 1. The topological polar surface area (TPSA) is 12.0 Å². The molecule has 0 aliphatic heterocycles. The number of aryl methyl sites for hydroxylation is 2. The summed E-state index contributed by atoms with van der Waals surface area (Å²) in [6, 6.07) is 16.0. The second-order valence-electron chi connectivity index (χ2n) is 5.88. The standard InChI is InChI=1S/C18H20BrN/c1-12-4-3-5-14(8-12)15-9-17(10-15)20-18-11-16(19)7-6-13(18)2/h3-8,11,15,17,20H,9-10H2,1-2H3. The van der Waals surface area contributed by atoms with Crippen LogP contribution in [0.1, 0.15) is 35.4 Å². The predicted octanol–water partition coefficient (Wildman–Crippen LogP) is 5.42. The molecule has 0 unspecified atom stereocenters. The van der Waals surface area contributed by atoms with E-state index < -0.39 is 0 Å². The molecular weight excluding hydrogens is 310 g/mol. The van der Waals surface area contributed by atoms with Crippen molar-refractivity contribution in [3.05, 3.63) is 63.6 Å². The highest BCUT2D eigenvalue weighted by Gasteiger charge is 2.30. The third-order valence-electron chi connectivity index (χ3n) is 4.21. The Balaban J connectivity index is 1.62. The van der Waals surface area contributed by atoms with E-state index in [1.54, 1.807) is 0 Å². The summed E-state index contributed by atoms with van der Waals surface area (Å²) in [7, 11) is 0. The minimum absolute atomic E-state index is 0.605. The Morgan fingerprint density at radius 1 is 1.05 bits per heavy atom. The van der Waals surface area contributed by atoms with Crippen molar-refractivity contribution in [2.75, 3.05) is 5.32 Å². The summed E-state index contributed by atoms with van der Waals surface area (Å²) in [4.78, 5) is 0. The Labute approximate surface area is 129 Å². The van der Waals surface area contributed by atoms with Gasteiger partial charge < -0.3 is 5.32 Å². The van der Waals surface area contributed by atoms with Crippen LogP contribution < -0.4 is 5.32 Å². The summed E-state index contributed by atoms with van der Waals surface area (Å²) in [5, 5.41) is 3.67. The second kappa shape index (κ2) is 5.61. The molecule has 2 heteroatoms. The van der Waals surface area contributed by atoms with Gasteiger partial charge in [0, 0.05) is 16.2 Å². The molecular formula is C18H20BrN. The lowest BCUT2D eigenvalue weighted by molar-refractivity contribution is 0.374. The Kier molecular flexibility index (Phi) is 3.84. The van der Waals surface area contributed by atoms with Crippen molar-refractivity contribution >= 4 is 21.6 Å². The Morgan fingerprint density at radius 3 is 2.60 bits per heavy atom. The summed E-state index contributed by atoms with van der Waals surface area (Å²) < 4.78 is 1.14. The molecule has 1 fully saturated rings. The lowest BCUT2D eigenvalue weighted by Crippen LogP contribution is -2.34. The lowest BCUT2D eigenvalue weighted by Gasteiger charge is -2.37. The highest BCUT2D eigenvalue weighted by atomic mass is 79.9. The summed E-state index contributed by atoms with van der Waals surface area (Å²) in [6.07, 6.45) is 2.46. The van der Waals surface area contributed by atoms with E-state index in [0.717, 1.165) is 10.4 Å². The van der Waals surface area contributed by atoms with Gasteiger partial charge in [0.2, 0.25) is 0 Å². The fourth-order valence-corrected chi connectivity index (χ4v) is 3.26. The van der Waals surface area contributed by atoms with E-state index in [1.807, 2.05) is 0 Å². The minimum atomic E-state index is 0.605.